The van der Waals surface area contributed by atoms with Gasteiger partial charge in [-0.2, -0.15) is 4.98 Å². The van der Waals surface area contributed by atoms with E-state index in [1.54, 1.807) is 0 Å². The third-order valence-electron chi connectivity index (χ3n) is 3.41. The fourth-order valence-electron chi connectivity index (χ4n) is 2.39. The predicted octanol–water partition coefficient (Wildman–Crippen LogP) is 1.46. The molecule has 2 heterocycles. The van der Waals surface area contributed by atoms with Crippen LogP contribution in [0.25, 0.3) is 0 Å². The number of rotatable bonds is 4. The zero-order chi connectivity index (χ0) is 12.3. The number of nitrogens with zero attached hydrogens (tertiary/aromatic N) is 4. The number of hydrogen-bond acceptors (Lipinski definition) is 4. The largest absolute Gasteiger partial charge is 0.346 e. The first-order valence-electron chi connectivity index (χ1n) is 6.52. The average Bonchev–Trinajstić information content (AvgIpc) is 2.80. The lowest BCUT2D eigenvalue weighted by atomic mass is 9.96. The van der Waals surface area contributed by atoms with Crippen LogP contribution in [0.5, 0.6) is 0 Å². The van der Waals surface area contributed by atoms with Gasteiger partial charge in [0.2, 0.25) is 5.95 Å². The molecule has 5 heteroatoms. The molecule has 0 aliphatic carbocycles. The number of piperidine rings is 1. The highest BCUT2D eigenvalue weighted by Crippen LogP contribution is 2.26. The second-order valence-corrected chi connectivity index (χ2v) is 5.03. The minimum absolute atomic E-state index is 0.560. The van der Waals surface area contributed by atoms with Gasteiger partial charge in [0.25, 0.3) is 0 Å². The number of hydrogen-bond donors (Lipinski definition) is 1. The van der Waals surface area contributed by atoms with Crippen LogP contribution in [-0.4, -0.2) is 53.8 Å². The molecule has 0 spiro atoms. The molecule has 1 aliphatic heterocycles. The SMILES string of the molecule is CCCN1CCC(c2nc(N(C)C)n[nH]2)CC1. The Balaban J connectivity index is 1.91. The van der Waals surface area contributed by atoms with Gasteiger partial charge in [0, 0.05) is 20.0 Å². The first-order valence-corrected chi connectivity index (χ1v) is 6.52. The molecule has 1 fully saturated rings. The van der Waals surface area contributed by atoms with Crippen molar-refractivity contribution in [3.8, 4) is 0 Å². The molecule has 0 aromatic carbocycles. The monoisotopic (exact) mass is 237 g/mol. The van der Waals surface area contributed by atoms with Crippen molar-refractivity contribution in [3.63, 3.8) is 0 Å². The van der Waals surface area contributed by atoms with Crippen molar-refractivity contribution >= 4 is 5.95 Å². The number of aromatic nitrogens is 3. The normalized spacial score (nSPS) is 18.5. The van der Waals surface area contributed by atoms with Crippen LogP contribution in [0.15, 0.2) is 0 Å². The maximum atomic E-state index is 4.55. The van der Waals surface area contributed by atoms with E-state index in [4.69, 9.17) is 0 Å². The first kappa shape index (κ1) is 12.4. The first-order chi connectivity index (χ1) is 8.20. The van der Waals surface area contributed by atoms with Crippen LogP contribution in [0, 0.1) is 0 Å². The molecule has 2 rings (SSSR count). The van der Waals surface area contributed by atoms with Crippen LogP contribution in [-0.2, 0) is 0 Å². The second kappa shape index (κ2) is 5.49. The van der Waals surface area contributed by atoms with Crippen molar-refractivity contribution in [1.29, 1.82) is 0 Å². The van der Waals surface area contributed by atoms with Crippen molar-refractivity contribution in [2.75, 3.05) is 38.6 Å². The van der Waals surface area contributed by atoms with Crippen molar-refractivity contribution in [3.05, 3.63) is 5.82 Å². The Morgan fingerprint density at radius 3 is 2.59 bits per heavy atom. The topological polar surface area (TPSA) is 48.1 Å². The summed E-state index contributed by atoms with van der Waals surface area (Å²) in [6.45, 7) is 5.85. The summed E-state index contributed by atoms with van der Waals surface area (Å²) in [5.41, 5.74) is 0. The molecule has 5 nitrogen and oxygen atoms in total. The molecule has 0 unspecified atom stereocenters. The number of H-pyrrole nitrogens is 1. The van der Waals surface area contributed by atoms with Gasteiger partial charge in [-0.05, 0) is 38.9 Å². The lowest BCUT2D eigenvalue weighted by molar-refractivity contribution is 0.210. The standard InChI is InChI=1S/C12H23N5/c1-4-7-17-8-5-10(6-9-17)11-13-12(15-14-11)16(2)3/h10H,4-9H2,1-3H3,(H,13,14,15). The van der Waals surface area contributed by atoms with Crippen molar-refractivity contribution in [2.45, 2.75) is 32.1 Å². The van der Waals surface area contributed by atoms with E-state index in [0.717, 1.165) is 11.8 Å². The van der Waals surface area contributed by atoms with Crippen LogP contribution < -0.4 is 4.90 Å². The summed E-state index contributed by atoms with van der Waals surface area (Å²) in [7, 11) is 3.94. The van der Waals surface area contributed by atoms with Gasteiger partial charge < -0.3 is 9.80 Å². The van der Waals surface area contributed by atoms with E-state index in [-0.39, 0.29) is 0 Å². The van der Waals surface area contributed by atoms with Gasteiger partial charge in [-0.3, -0.25) is 5.10 Å². The summed E-state index contributed by atoms with van der Waals surface area (Å²) in [4.78, 5) is 9.02. The Labute approximate surface area is 103 Å². The van der Waals surface area contributed by atoms with E-state index in [1.807, 2.05) is 19.0 Å². The quantitative estimate of drug-likeness (QED) is 0.861. The minimum Gasteiger partial charge on any atom is -0.346 e. The van der Waals surface area contributed by atoms with E-state index in [0.29, 0.717) is 5.92 Å². The summed E-state index contributed by atoms with van der Waals surface area (Å²) < 4.78 is 0. The van der Waals surface area contributed by atoms with Gasteiger partial charge in [-0.1, -0.05) is 6.92 Å². The van der Waals surface area contributed by atoms with Gasteiger partial charge >= 0.3 is 0 Å². The van der Waals surface area contributed by atoms with Crippen molar-refractivity contribution in [2.24, 2.45) is 0 Å². The number of nitrogens with one attached hydrogen (secondary N) is 1. The third-order valence-corrected chi connectivity index (χ3v) is 3.41. The zero-order valence-corrected chi connectivity index (χ0v) is 11.1. The van der Waals surface area contributed by atoms with E-state index in [1.165, 1.54) is 38.9 Å². The summed E-state index contributed by atoms with van der Waals surface area (Å²) in [5.74, 6) is 2.41. The molecule has 1 aliphatic rings. The molecule has 17 heavy (non-hydrogen) atoms. The fraction of sp³-hybridized carbons (Fsp3) is 0.833. The predicted molar refractivity (Wildman–Crippen MR) is 69.4 cm³/mol. The van der Waals surface area contributed by atoms with Crippen molar-refractivity contribution < 1.29 is 0 Å². The third kappa shape index (κ3) is 2.97. The van der Waals surface area contributed by atoms with Gasteiger partial charge in [-0.25, -0.2) is 0 Å². The van der Waals surface area contributed by atoms with E-state index in [9.17, 15) is 0 Å². The summed E-state index contributed by atoms with van der Waals surface area (Å²) >= 11 is 0. The fourth-order valence-corrected chi connectivity index (χ4v) is 2.39. The Hall–Kier alpha value is -1.10. The minimum atomic E-state index is 0.560. The number of aromatic amines is 1. The van der Waals surface area contributed by atoms with Crippen LogP contribution >= 0.6 is 0 Å². The summed E-state index contributed by atoms with van der Waals surface area (Å²) in [6, 6.07) is 0. The smallest absolute Gasteiger partial charge is 0.244 e. The number of anilines is 1. The van der Waals surface area contributed by atoms with Gasteiger partial charge in [0.15, 0.2) is 0 Å². The highest BCUT2D eigenvalue weighted by Gasteiger charge is 2.22. The van der Waals surface area contributed by atoms with Crippen LogP contribution in [0.4, 0.5) is 5.95 Å². The van der Waals surface area contributed by atoms with Crippen LogP contribution in [0.2, 0.25) is 0 Å². The Morgan fingerprint density at radius 2 is 2.06 bits per heavy atom. The molecule has 0 radical (unpaired) electrons. The molecule has 1 N–H and O–H groups in total. The number of likely N-dealkylation sites (tertiary alicyclic amines) is 1. The average molecular weight is 237 g/mol. The molecule has 1 saturated heterocycles. The van der Waals surface area contributed by atoms with Gasteiger partial charge in [-0.15, -0.1) is 5.10 Å². The molecule has 1 aromatic rings. The molecule has 0 amide bonds. The molecule has 0 saturated carbocycles. The molecule has 0 bridgehead atoms. The summed E-state index contributed by atoms with van der Waals surface area (Å²) in [5, 5.41) is 7.30. The molecule has 96 valence electrons. The second-order valence-electron chi connectivity index (χ2n) is 5.03. The highest BCUT2D eigenvalue weighted by atomic mass is 15.3. The maximum Gasteiger partial charge on any atom is 0.244 e. The lowest BCUT2D eigenvalue weighted by Gasteiger charge is -2.30. The van der Waals surface area contributed by atoms with E-state index >= 15 is 0 Å². The van der Waals surface area contributed by atoms with E-state index < -0.39 is 0 Å². The van der Waals surface area contributed by atoms with E-state index in [2.05, 4.69) is 27.0 Å². The Morgan fingerprint density at radius 1 is 1.35 bits per heavy atom. The van der Waals surface area contributed by atoms with Crippen LogP contribution in [0.3, 0.4) is 0 Å². The molecular formula is C12H23N5. The molecular weight excluding hydrogens is 214 g/mol. The molecule has 1 aromatic heterocycles. The highest BCUT2D eigenvalue weighted by molar-refractivity contribution is 5.25. The van der Waals surface area contributed by atoms with Crippen molar-refractivity contribution in [1.82, 2.24) is 20.1 Å². The van der Waals surface area contributed by atoms with Crippen LogP contribution in [0.1, 0.15) is 37.9 Å². The lowest BCUT2D eigenvalue weighted by Crippen LogP contribution is -2.33. The van der Waals surface area contributed by atoms with Gasteiger partial charge in [0.05, 0.1) is 0 Å². The summed E-state index contributed by atoms with van der Waals surface area (Å²) in [6.07, 6.45) is 3.64. The maximum absolute atomic E-state index is 4.55. The zero-order valence-electron chi connectivity index (χ0n) is 11.1. The van der Waals surface area contributed by atoms with Gasteiger partial charge in [0.1, 0.15) is 5.82 Å². The molecule has 0 atom stereocenters. The Kier molecular flexibility index (Phi) is 3.99. The Bertz CT molecular complexity index is 338.